The topological polar surface area (TPSA) is 118 Å². The molecular formula is C12H13N3O5S2. The number of hydrogen-bond acceptors (Lipinski definition) is 6. The molecule has 2 N–H and O–H groups in total. The van der Waals surface area contributed by atoms with Gasteiger partial charge in [0, 0.05) is 23.7 Å². The van der Waals surface area contributed by atoms with E-state index in [9.17, 15) is 23.3 Å². The average molecular weight is 343 g/mol. The third kappa shape index (κ3) is 4.21. The minimum Gasteiger partial charge on any atom is -0.359 e. The summed E-state index contributed by atoms with van der Waals surface area (Å²) < 4.78 is 22.7. The van der Waals surface area contributed by atoms with Crippen LogP contribution in [0.25, 0.3) is 0 Å². The Kier molecular flexibility index (Phi) is 4.71. The molecule has 1 saturated heterocycles. The quantitative estimate of drug-likeness (QED) is 0.463. The van der Waals surface area contributed by atoms with E-state index in [-0.39, 0.29) is 33.9 Å². The number of amides is 1. The summed E-state index contributed by atoms with van der Waals surface area (Å²) in [6, 6.07) is 4.76. The molecule has 8 nitrogen and oxygen atoms in total. The molecule has 0 unspecified atom stereocenters. The Morgan fingerprint density at radius 3 is 2.45 bits per heavy atom. The molecule has 2 rings (SSSR count). The maximum atomic E-state index is 11.9. The molecule has 1 atom stereocenters. The fourth-order valence-corrected chi connectivity index (χ4v) is 3.97. The minimum absolute atomic E-state index is 0.0134. The number of nitrogens with one attached hydrogen (secondary N) is 2. The van der Waals surface area contributed by atoms with E-state index in [1.54, 1.807) is 0 Å². The predicted octanol–water partition coefficient (Wildman–Crippen LogP) is 0.386. The average Bonchev–Trinajstić information content (AvgIpc) is 2.77. The molecule has 1 fully saturated rings. The summed E-state index contributed by atoms with van der Waals surface area (Å²) in [6.07, 6.45) is 0.440. The first-order valence-corrected chi connectivity index (χ1v) is 8.56. The third-order valence-electron chi connectivity index (χ3n) is 3.14. The van der Waals surface area contributed by atoms with E-state index in [2.05, 4.69) is 10.6 Å². The standard InChI is InChI=1S/C12H13N3O5S2/c16-11(8-1-3-10(4-2-8)15(17)18)14-12(21)13-9-5-6-22(19,20)7-9/h1-4,9H,5-7H2,(H2,13,14,16,21)/t9-/m1/s1. The van der Waals surface area contributed by atoms with Crippen molar-refractivity contribution in [1.29, 1.82) is 0 Å². The van der Waals surface area contributed by atoms with E-state index in [0.29, 0.717) is 6.42 Å². The summed E-state index contributed by atoms with van der Waals surface area (Å²) in [5.74, 6) is -0.433. The zero-order valence-corrected chi connectivity index (χ0v) is 12.9. The van der Waals surface area contributed by atoms with E-state index in [1.807, 2.05) is 0 Å². The maximum Gasteiger partial charge on any atom is 0.269 e. The van der Waals surface area contributed by atoms with Crippen LogP contribution >= 0.6 is 12.2 Å². The Morgan fingerprint density at radius 1 is 1.32 bits per heavy atom. The second-order valence-electron chi connectivity index (χ2n) is 4.83. The van der Waals surface area contributed by atoms with Crippen molar-refractivity contribution in [3.8, 4) is 0 Å². The summed E-state index contributed by atoms with van der Waals surface area (Å²) in [4.78, 5) is 21.9. The van der Waals surface area contributed by atoms with Gasteiger partial charge in [-0.2, -0.15) is 0 Å². The fraction of sp³-hybridized carbons (Fsp3) is 0.333. The molecule has 0 radical (unpaired) electrons. The molecule has 1 aliphatic rings. The van der Waals surface area contributed by atoms with Crippen LogP contribution in [0.5, 0.6) is 0 Å². The van der Waals surface area contributed by atoms with Gasteiger partial charge in [0.1, 0.15) is 0 Å². The summed E-state index contributed by atoms with van der Waals surface area (Å²) >= 11 is 4.96. The zero-order chi connectivity index (χ0) is 16.3. The van der Waals surface area contributed by atoms with Crippen LogP contribution in [0.2, 0.25) is 0 Å². The van der Waals surface area contributed by atoms with Crippen molar-refractivity contribution < 1.29 is 18.1 Å². The van der Waals surface area contributed by atoms with Gasteiger partial charge in [-0.15, -0.1) is 0 Å². The highest BCUT2D eigenvalue weighted by atomic mass is 32.2. The van der Waals surface area contributed by atoms with E-state index in [1.165, 1.54) is 24.3 Å². The number of nitro groups is 1. The molecule has 22 heavy (non-hydrogen) atoms. The van der Waals surface area contributed by atoms with Crippen LogP contribution in [0.1, 0.15) is 16.8 Å². The number of benzene rings is 1. The van der Waals surface area contributed by atoms with Gasteiger partial charge in [0.05, 0.1) is 16.4 Å². The molecule has 0 aliphatic carbocycles. The fourth-order valence-electron chi connectivity index (χ4n) is 2.04. The van der Waals surface area contributed by atoms with Gasteiger partial charge in [-0.1, -0.05) is 0 Å². The van der Waals surface area contributed by atoms with Crippen LogP contribution in [0.15, 0.2) is 24.3 Å². The molecule has 1 aromatic rings. The lowest BCUT2D eigenvalue weighted by Gasteiger charge is -2.13. The van der Waals surface area contributed by atoms with Gasteiger partial charge in [-0.05, 0) is 30.8 Å². The largest absolute Gasteiger partial charge is 0.359 e. The summed E-state index contributed by atoms with van der Waals surface area (Å²) in [5, 5.41) is 15.8. The number of rotatable bonds is 3. The highest BCUT2D eigenvalue weighted by Crippen LogP contribution is 2.12. The summed E-state index contributed by atoms with van der Waals surface area (Å²) in [6.45, 7) is 0. The Bertz CT molecular complexity index is 715. The number of carbonyl (C=O) groups excluding carboxylic acids is 1. The molecule has 118 valence electrons. The molecule has 0 aromatic heterocycles. The number of nitro benzene ring substituents is 1. The van der Waals surface area contributed by atoms with Crippen molar-refractivity contribution in [1.82, 2.24) is 10.6 Å². The molecular weight excluding hydrogens is 330 g/mol. The van der Waals surface area contributed by atoms with Crippen molar-refractivity contribution in [3.63, 3.8) is 0 Å². The lowest BCUT2D eigenvalue weighted by atomic mass is 10.2. The van der Waals surface area contributed by atoms with Crippen molar-refractivity contribution in [3.05, 3.63) is 39.9 Å². The molecule has 0 spiro atoms. The SMILES string of the molecule is O=C(NC(=S)N[C@@H]1CCS(=O)(=O)C1)c1ccc([N+](=O)[O-])cc1. The Balaban J connectivity index is 1.91. The van der Waals surface area contributed by atoms with Crippen LogP contribution in [0, 0.1) is 10.1 Å². The van der Waals surface area contributed by atoms with Crippen LogP contribution in [-0.4, -0.2) is 41.9 Å². The van der Waals surface area contributed by atoms with Crippen molar-refractivity contribution >= 4 is 38.8 Å². The number of carbonyl (C=O) groups is 1. The molecule has 1 aromatic carbocycles. The zero-order valence-electron chi connectivity index (χ0n) is 11.3. The molecule has 10 heteroatoms. The number of hydrogen-bond donors (Lipinski definition) is 2. The van der Waals surface area contributed by atoms with Crippen molar-refractivity contribution in [2.75, 3.05) is 11.5 Å². The van der Waals surface area contributed by atoms with Crippen LogP contribution in [0.4, 0.5) is 5.69 Å². The van der Waals surface area contributed by atoms with Crippen LogP contribution < -0.4 is 10.6 Å². The third-order valence-corrected chi connectivity index (χ3v) is 5.12. The molecule has 0 bridgehead atoms. The number of non-ortho nitro benzene ring substituents is 1. The van der Waals surface area contributed by atoms with E-state index in [4.69, 9.17) is 12.2 Å². The van der Waals surface area contributed by atoms with Gasteiger partial charge in [0.2, 0.25) is 0 Å². The van der Waals surface area contributed by atoms with E-state index >= 15 is 0 Å². The van der Waals surface area contributed by atoms with Gasteiger partial charge in [0.25, 0.3) is 11.6 Å². The van der Waals surface area contributed by atoms with Gasteiger partial charge in [-0.25, -0.2) is 8.42 Å². The summed E-state index contributed by atoms with van der Waals surface area (Å²) in [7, 11) is -3.03. The van der Waals surface area contributed by atoms with Crippen LogP contribution in [-0.2, 0) is 9.84 Å². The maximum absolute atomic E-state index is 11.9. The minimum atomic E-state index is -3.03. The second-order valence-corrected chi connectivity index (χ2v) is 7.47. The Hall–Kier alpha value is -2.07. The first-order valence-electron chi connectivity index (χ1n) is 6.33. The molecule has 0 saturated carbocycles. The van der Waals surface area contributed by atoms with Gasteiger partial charge in [0.15, 0.2) is 14.9 Å². The molecule has 1 aliphatic heterocycles. The monoisotopic (exact) mass is 343 g/mol. The smallest absolute Gasteiger partial charge is 0.269 e. The van der Waals surface area contributed by atoms with Gasteiger partial charge < -0.3 is 5.32 Å². The normalized spacial score (nSPS) is 19.4. The van der Waals surface area contributed by atoms with Gasteiger partial charge >= 0.3 is 0 Å². The van der Waals surface area contributed by atoms with E-state index in [0.717, 1.165) is 0 Å². The Morgan fingerprint density at radius 2 is 1.95 bits per heavy atom. The highest BCUT2D eigenvalue weighted by Gasteiger charge is 2.28. The highest BCUT2D eigenvalue weighted by molar-refractivity contribution is 7.91. The molecule has 1 amide bonds. The summed E-state index contributed by atoms with van der Waals surface area (Å²) in [5.41, 5.74) is 0.0993. The lowest BCUT2D eigenvalue weighted by Crippen LogP contribution is -2.44. The number of nitrogens with zero attached hydrogens (tertiary/aromatic N) is 1. The number of sulfone groups is 1. The first-order chi connectivity index (χ1) is 10.3. The number of thiocarbonyl (C=S) groups is 1. The van der Waals surface area contributed by atoms with E-state index < -0.39 is 20.7 Å². The van der Waals surface area contributed by atoms with Crippen molar-refractivity contribution in [2.45, 2.75) is 12.5 Å². The van der Waals surface area contributed by atoms with Crippen molar-refractivity contribution in [2.24, 2.45) is 0 Å². The lowest BCUT2D eigenvalue weighted by molar-refractivity contribution is -0.384. The Labute approximate surface area is 132 Å². The molecule has 1 heterocycles. The van der Waals surface area contributed by atoms with Gasteiger partial charge in [-0.3, -0.25) is 20.2 Å². The van der Waals surface area contributed by atoms with Crippen LogP contribution in [0.3, 0.4) is 0 Å². The predicted molar refractivity (Wildman–Crippen MR) is 83.4 cm³/mol. The first kappa shape index (κ1) is 16.3. The second kappa shape index (κ2) is 6.36.